The molecule has 0 spiro atoms. The molecule has 0 saturated heterocycles. The SMILES string of the molecule is CCSCC(C)NS(=O)(=O)c1cc(F)c(Cl)c(C(=O)O)c1. The van der Waals surface area contributed by atoms with Crippen LogP contribution in [0, 0.1) is 5.82 Å². The molecular formula is C12H15ClFNO4S2. The molecule has 1 rings (SSSR count). The lowest BCUT2D eigenvalue weighted by molar-refractivity contribution is 0.0696. The summed E-state index contributed by atoms with van der Waals surface area (Å²) in [5.74, 6) is -1.19. The standard InChI is InChI=1S/C12H15ClFNO4S2/c1-3-20-6-7(2)15-21(18,19)8-4-9(12(16)17)11(13)10(14)5-8/h4-5,7,15H,3,6H2,1-2H3,(H,16,17). The van der Waals surface area contributed by atoms with Gasteiger partial charge >= 0.3 is 5.97 Å². The van der Waals surface area contributed by atoms with Crippen LogP contribution < -0.4 is 4.72 Å². The number of carboxylic acids is 1. The van der Waals surface area contributed by atoms with Gasteiger partial charge in [-0.2, -0.15) is 11.8 Å². The number of nitrogens with one attached hydrogen (secondary N) is 1. The Morgan fingerprint density at radius 3 is 2.67 bits per heavy atom. The van der Waals surface area contributed by atoms with Gasteiger partial charge in [0.25, 0.3) is 0 Å². The van der Waals surface area contributed by atoms with Crippen LogP contribution in [-0.4, -0.2) is 37.0 Å². The van der Waals surface area contributed by atoms with Crippen LogP contribution in [0.4, 0.5) is 4.39 Å². The summed E-state index contributed by atoms with van der Waals surface area (Å²) in [6.45, 7) is 3.62. The van der Waals surface area contributed by atoms with Crippen molar-refractivity contribution in [2.45, 2.75) is 24.8 Å². The lowest BCUT2D eigenvalue weighted by Gasteiger charge is -2.14. The van der Waals surface area contributed by atoms with E-state index in [0.29, 0.717) is 11.8 Å². The summed E-state index contributed by atoms with van der Waals surface area (Å²) in [4.78, 5) is 10.5. The molecule has 1 atom stereocenters. The van der Waals surface area contributed by atoms with Gasteiger partial charge in [-0.25, -0.2) is 22.3 Å². The first kappa shape index (κ1) is 18.2. The smallest absolute Gasteiger partial charge is 0.337 e. The molecule has 0 saturated carbocycles. The van der Waals surface area contributed by atoms with E-state index in [2.05, 4.69) is 4.72 Å². The van der Waals surface area contributed by atoms with E-state index in [9.17, 15) is 17.6 Å². The van der Waals surface area contributed by atoms with E-state index in [1.54, 1.807) is 18.7 Å². The summed E-state index contributed by atoms with van der Waals surface area (Å²) < 4.78 is 40.2. The highest BCUT2D eigenvalue weighted by molar-refractivity contribution is 7.99. The highest BCUT2D eigenvalue weighted by Crippen LogP contribution is 2.24. The normalized spacial score (nSPS) is 13.1. The van der Waals surface area contributed by atoms with Crippen LogP contribution in [0.3, 0.4) is 0 Å². The van der Waals surface area contributed by atoms with E-state index < -0.39 is 37.3 Å². The predicted molar refractivity (Wildman–Crippen MR) is 81.2 cm³/mol. The van der Waals surface area contributed by atoms with Gasteiger partial charge in [-0.1, -0.05) is 18.5 Å². The fourth-order valence-electron chi connectivity index (χ4n) is 1.54. The van der Waals surface area contributed by atoms with Crippen LogP contribution in [-0.2, 0) is 10.0 Å². The maximum Gasteiger partial charge on any atom is 0.337 e. The minimum absolute atomic E-state index is 0.369. The van der Waals surface area contributed by atoms with Gasteiger partial charge in [0.05, 0.1) is 15.5 Å². The Hall–Kier alpha value is -0.830. The van der Waals surface area contributed by atoms with Gasteiger partial charge in [0, 0.05) is 11.8 Å². The van der Waals surface area contributed by atoms with Crippen molar-refractivity contribution in [1.29, 1.82) is 0 Å². The quantitative estimate of drug-likeness (QED) is 0.785. The van der Waals surface area contributed by atoms with Crippen LogP contribution >= 0.6 is 23.4 Å². The van der Waals surface area contributed by atoms with E-state index in [4.69, 9.17) is 16.7 Å². The van der Waals surface area contributed by atoms with E-state index in [-0.39, 0.29) is 6.04 Å². The number of carboxylic acid groups (broad SMARTS) is 1. The molecule has 0 aliphatic heterocycles. The molecule has 0 fully saturated rings. The fraction of sp³-hybridized carbons (Fsp3) is 0.417. The Kier molecular flexibility index (Phi) is 6.45. The van der Waals surface area contributed by atoms with Gasteiger partial charge in [-0.3, -0.25) is 0 Å². The molecule has 0 heterocycles. The van der Waals surface area contributed by atoms with E-state index >= 15 is 0 Å². The topological polar surface area (TPSA) is 83.5 Å². The monoisotopic (exact) mass is 355 g/mol. The molecule has 0 aromatic heterocycles. The van der Waals surface area contributed by atoms with Crippen LogP contribution in [0.25, 0.3) is 0 Å². The Labute approximate surface area is 131 Å². The molecule has 21 heavy (non-hydrogen) atoms. The zero-order chi connectivity index (χ0) is 16.2. The minimum Gasteiger partial charge on any atom is -0.478 e. The summed E-state index contributed by atoms with van der Waals surface area (Å²) in [5, 5.41) is 8.29. The molecule has 9 heteroatoms. The fourth-order valence-corrected chi connectivity index (χ4v) is 3.79. The highest BCUT2D eigenvalue weighted by atomic mass is 35.5. The van der Waals surface area contributed by atoms with Gasteiger partial charge in [0.15, 0.2) is 0 Å². The third-order valence-corrected chi connectivity index (χ3v) is 5.57. The third-order valence-electron chi connectivity index (χ3n) is 2.47. The van der Waals surface area contributed by atoms with Crippen LogP contribution in [0.5, 0.6) is 0 Å². The number of halogens is 2. The van der Waals surface area contributed by atoms with Gasteiger partial charge in [-0.05, 0) is 24.8 Å². The van der Waals surface area contributed by atoms with Gasteiger partial charge in [0.2, 0.25) is 10.0 Å². The predicted octanol–water partition coefficient (Wildman–Crippen LogP) is 2.60. The van der Waals surface area contributed by atoms with Crippen molar-refractivity contribution in [3.8, 4) is 0 Å². The number of thioether (sulfide) groups is 1. The molecule has 0 aliphatic rings. The third kappa shape index (κ3) is 4.84. The Bertz CT molecular complexity index is 636. The summed E-state index contributed by atoms with van der Waals surface area (Å²) >= 11 is 7.06. The lowest BCUT2D eigenvalue weighted by atomic mass is 10.2. The molecule has 0 radical (unpaired) electrons. The van der Waals surface area contributed by atoms with Crippen molar-refractivity contribution in [3.63, 3.8) is 0 Å². The molecule has 118 valence electrons. The number of hydrogen-bond acceptors (Lipinski definition) is 4. The van der Waals surface area contributed by atoms with Crippen molar-refractivity contribution < 1.29 is 22.7 Å². The molecule has 0 bridgehead atoms. The molecule has 1 aromatic carbocycles. The van der Waals surface area contributed by atoms with E-state index in [1.165, 1.54) is 0 Å². The summed E-state index contributed by atoms with van der Waals surface area (Å²) in [5.41, 5.74) is -0.590. The van der Waals surface area contributed by atoms with E-state index in [1.807, 2.05) is 6.92 Å². The van der Waals surface area contributed by atoms with Gasteiger partial charge in [-0.15, -0.1) is 0 Å². The van der Waals surface area contributed by atoms with Crippen molar-refractivity contribution in [2.24, 2.45) is 0 Å². The average Bonchev–Trinajstić information content (AvgIpc) is 2.38. The molecule has 2 N–H and O–H groups in total. The largest absolute Gasteiger partial charge is 0.478 e. The number of carbonyl (C=O) groups is 1. The second kappa shape index (κ2) is 7.44. The first-order valence-corrected chi connectivity index (χ1v) is 9.03. The summed E-state index contributed by atoms with van der Waals surface area (Å²) in [7, 11) is -4.01. The molecule has 0 aliphatic carbocycles. The highest BCUT2D eigenvalue weighted by Gasteiger charge is 2.23. The van der Waals surface area contributed by atoms with Crippen molar-refractivity contribution in [1.82, 2.24) is 4.72 Å². The summed E-state index contributed by atoms with van der Waals surface area (Å²) in [6, 6.07) is 1.18. The average molecular weight is 356 g/mol. The lowest BCUT2D eigenvalue weighted by Crippen LogP contribution is -2.34. The van der Waals surface area contributed by atoms with Gasteiger partial charge in [0.1, 0.15) is 5.82 Å². The maximum atomic E-state index is 13.6. The van der Waals surface area contributed by atoms with Crippen molar-refractivity contribution in [2.75, 3.05) is 11.5 Å². The van der Waals surface area contributed by atoms with Crippen molar-refractivity contribution in [3.05, 3.63) is 28.5 Å². The molecule has 1 unspecified atom stereocenters. The number of aromatic carboxylic acids is 1. The number of hydrogen-bond donors (Lipinski definition) is 2. The molecule has 5 nitrogen and oxygen atoms in total. The van der Waals surface area contributed by atoms with Crippen LogP contribution in [0.15, 0.2) is 17.0 Å². The Morgan fingerprint density at radius 2 is 2.14 bits per heavy atom. The molecule has 0 amide bonds. The maximum absolute atomic E-state index is 13.6. The number of sulfonamides is 1. The molecular weight excluding hydrogens is 341 g/mol. The second-order valence-electron chi connectivity index (χ2n) is 4.25. The first-order valence-electron chi connectivity index (χ1n) is 6.01. The minimum atomic E-state index is -4.01. The number of benzene rings is 1. The number of rotatable bonds is 7. The van der Waals surface area contributed by atoms with E-state index in [0.717, 1.165) is 11.8 Å². The van der Waals surface area contributed by atoms with Crippen LogP contribution in [0.1, 0.15) is 24.2 Å². The zero-order valence-corrected chi connectivity index (χ0v) is 13.8. The Balaban J connectivity index is 3.12. The summed E-state index contributed by atoms with van der Waals surface area (Å²) in [6.07, 6.45) is 0. The van der Waals surface area contributed by atoms with Gasteiger partial charge < -0.3 is 5.11 Å². The van der Waals surface area contributed by atoms with Crippen molar-refractivity contribution >= 4 is 39.4 Å². The van der Waals surface area contributed by atoms with Crippen LogP contribution in [0.2, 0.25) is 5.02 Å². The Morgan fingerprint density at radius 1 is 1.52 bits per heavy atom. The molecule has 1 aromatic rings. The second-order valence-corrected chi connectivity index (χ2v) is 7.66. The zero-order valence-electron chi connectivity index (χ0n) is 11.4. The first-order chi connectivity index (χ1) is 9.69.